The van der Waals surface area contributed by atoms with Gasteiger partial charge in [0.05, 0.1) is 5.69 Å². The van der Waals surface area contributed by atoms with E-state index < -0.39 is 0 Å². The van der Waals surface area contributed by atoms with Gasteiger partial charge in [0.2, 0.25) is 0 Å². The predicted octanol–water partition coefficient (Wildman–Crippen LogP) is 7.32. The lowest BCUT2D eigenvalue weighted by molar-refractivity contribution is 1.39. The first-order valence-corrected chi connectivity index (χ1v) is 8.76. The minimum absolute atomic E-state index is 0.728. The molecule has 0 saturated heterocycles. The van der Waals surface area contributed by atoms with E-state index in [0.717, 1.165) is 43.7 Å². The van der Waals surface area contributed by atoms with Gasteiger partial charge in [-0.3, -0.25) is 0 Å². The molecule has 1 nitrogen and oxygen atoms in total. The van der Waals surface area contributed by atoms with Gasteiger partial charge in [-0.15, -0.1) is 0 Å². The molecule has 0 aliphatic carbocycles. The average molecular weight is 364 g/mol. The maximum atomic E-state index is 6.05. The van der Waals surface area contributed by atoms with Crippen LogP contribution in [-0.4, -0.2) is 4.98 Å². The molecule has 1 aromatic heterocycles. The Morgan fingerprint density at radius 2 is 1.12 bits per heavy atom. The largest absolute Gasteiger partial charge is 0.354 e. The summed E-state index contributed by atoms with van der Waals surface area (Å²) in [6.45, 7) is 0. The highest BCUT2D eigenvalue weighted by Crippen LogP contribution is 2.36. The third kappa shape index (κ3) is 3.34. The second kappa shape index (κ2) is 6.79. The molecule has 0 saturated carbocycles. The first-order valence-electron chi connectivity index (χ1n) is 8.01. The molecule has 122 valence electrons. The van der Waals surface area contributed by atoms with Crippen molar-refractivity contribution in [2.24, 2.45) is 0 Å². The summed E-state index contributed by atoms with van der Waals surface area (Å²) in [6, 6.07) is 28.3. The molecule has 1 heterocycles. The van der Waals surface area contributed by atoms with Crippen molar-refractivity contribution in [2.75, 3.05) is 0 Å². The summed E-state index contributed by atoms with van der Waals surface area (Å²) < 4.78 is 0. The number of hydrogen-bond acceptors (Lipinski definition) is 0. The molecule has 0 atom stereocenters. The van der Waals surface area contributed by atoms with Crippen molar-refractivity contribution < 1.29 is 0 Å². The Labute approximate surface area is 156 Å². The lowest BCUT2D eigenvalue weighted by Crippen LogP contribution is -1.83. The number of nitrogens with one attached hydrogen (secondary N) is 1. The lowest BCUT2D eigenvalue weighted by Gasteiger charge is -2.05. The SMILES string of the molecule is Clc1ccc(-c2cc(-c3ccccc3)[nH]c2-c2ccc(Cl)cc2)cc1. The molecular weight excluding hydrogens is 349 g/mol. The number of hydrogen-bond donors (Lipinski definition) is 1. The molecule has 4 aromatic rings. The van der Waals surface area contributed by atoms with Crippen LogP contribution in [0.25, 0.3) is 33.6 Å². The van der Waals surface area contributed by atoms with Crippen molar-refractivity contribution >= 4 is 23.2 Å². The topological polar surface area (TPSA) is 15.8 Å². The number of halogens is 2. The molecule has 4 rings (SSSR count). The Morgan fingerprint density at radius 1 is 0.560 bits per heavy atom. The van der Waals surface area contributed by atoms with Crippen LogP contribution in [0.2, 0.25) is 10.0 Å². The Morgan fingerprint density at radius 3 is 1.72 bits per heavy atom. The van der Waals surface area contributed by atoms with Gasteiger partial charge in [0.1, 0.15) is 0 Å². The van der Waals surface area contributed by atoms with Gasteiger partial charge in [0.15, 0.2) is 0 Å². The zero-order valence-corrected chi connectivity index (χ0v) is 14.9. The van der Waals surface area contributed by atoms with Gasteiger partial charge in [-0.1, -0.05) is 77.8 Å². The van der Waals surface area contributed by atoms with E-state index in [1.54, 1.807) is 0 Å². The fourth-order valence-electron chi connectivity index (χ4n) is 2.93. The second-order valence-corrected chi connectivity index (χ2v) is 6.72. The van der Waals surface area contributed by atoms with E-state index in [-0.39, 0.29) is 0 Å². The standard InChI is InChI=1S/C22H15Cl2N/c23-18-10-6-15(7-11-18)20-14-21(16-4-2-1-3-5-16)25-22(20)17-8-12-19(24)13-9-17/h1-14,25H. The summed E-state index contributed by atoms with van der Waals surface area (Å²) in [5.41, 5.74) is 6.65. The summed E-state index contributed by atoms with van der Waals surface area (Å²) in [6.07, 6.45) is 0. The summed E-state index contributed by atoms with van der Waals surface area (Å²) in [4.78, 5) is 3.57. The van der Waals surface area contributed by atoms with Crippen LogP contribution in [0.3, 0.4) is 0 Å². The van der Waals surface area contributed by atoms with Crippen molar-refractivity contribution in [2.45, 2.75) is 0 Å². The van der Waals surface area contributed by atoms with Crippen molar-refractivity contribution in [3.8, 4) is 33.6 Å². The highest BCUT2D eigenvalue weighted by Gasteiger charge is 2.13. The molecular formula is C22H15Cl2N. The van der Waals surface area contributed by atoms with Crippen LogP contribution >= 0.6 is 23.2 Å². The van der Waals surface area contributed by atoms with E-state index in [9.17, 15) is 0 Å². The fraction of sp³-hybridized carbons (Fsp3) is 0. The highest BCUT2D eigenvalue weighted by molar-refractivity contribution is 6.31. The first kappa shape index (κ1) is 16.0. The van der Waals surface area contributed by atoms with Crippen LogP contribution in [0.4, 0.5) is 0 Å². The number of rotatable bonds is 3. The van der Waals surface area contributed by atoms with Crippen LogP contribution in [0.5, 0.6) is 0 Å². The minimum Gasteiger partial charge on any atom is -0.354 e. The predicted molar refractivity (Wildman–Crippen MR) is 107 cm³/mol. The van der Waals surface area contributed by atoms with Crippen LogP contribution in [-0.2, 0) is 0 Å². The molecule has 0 aliphatic heterocycles. The second-order valence-electron chi connectivity index (χ2n) is 5.85. The average Bonchev–Trinajstić information content (AvgIpc) is 3.09. The van der Waals surface area contributed by atoms with Gasteiger partial charge >= 0.3 is 0 Å². The third-order valence-electron chi connectivity index (χ3n) is 4.19. The molecule has 0 aliphatic rings. The maximum absolute atomic E-state index is 6.05. The summed E-state index contributed by atoms with van der Waals surface area (Å²) in [5.74, 6) is 0. The minimum atomic E-state index is 0.728. The van der Waals surface area contributed by atoms with Gasteiger partial charge in [-0.05, 0) is 47.0 Å². The fourth-order valence-corrected chi connectivity index (χ4v) is 3.18. The normalized spacial score (nSPS) is 10.8. The number of aromatic amines is 1. The van der Waals surface area contributed by atoms with Gasteiger partial charge < -0.3 is 4.98 Å². The van der Waals surface area contributed by atoms with Crippen LogP contribution in [0.15, 0.2) is 84.9 Å². The van der Waals surface area contributed by atoms with Gasteiger partial charge in [-0.2, -0.15) is 0 Å². The molecule has 1 N–H and O–H groups in total. The van der Waals surface area contributed by atoms with Crippen molar-refractivity contribution in [1.29, 1.82) is 0 Å². The zero-order valence-electron chi connectivity index (χ0n) is 13.3. The molecule has 3 aromatic carbocycles. The van der Waals surface area contributed by atoms with Crippen LogP contribution < -0.4 is 0 Å². The lowest BCUT2D eigenvalue weighted by atomic mass is 10.0. The van der Waals surface area contributed by atoms with E-state index in [1.165, 1.54) is 0 Å². The Balaban J connectivity index is 1.89. The maximum Gasteiger partial charge on any atom is 0.0538 e. The van der Waals surface area contributed by atoms with E-state index in [4.69, 9.17) is 23.2 Å². The Hall–Kier alpha value is -2.48. The van der Waals surface area contributed by atoms with E-state index in [1.807, 2.05) is 66.7 Å². The molecule has 0 unspecified atom stereocenters. The van der Waals surface area contributed by atoms with E-state index in [2.05, 4.69) is 23.2 Å². The van der Waals surface area contributed by atoms with Crippen molar-refractivity contribution in [3.05, 3.63) is 95.0 Å². The number of benzene rings is 3. The molecule has 25 heavy (non-hydrogen) atoms. The van der Waals surface area contributed by atoms with E-state index >= 15 is 0 Å². The van der Waals surface area contributed by atoms with Crippen LogP contribution in [0, 0.1) is 0 Å². The molecule has 0 fully saturated rings. The Bertz CT molecular complexity index is 922. The Kier molecular flexibility index (Phi) is 4.35. The quantitative estimate of drug-likeness (QED) is 0.392. The molecule has 0 spiro atoms. The molecule has 0 bridgehead atoms. The summed E-state index contributed by atoms with van der Waals surface area (Å²) in [7, 11) is 0. The van der Waals surface area contributed by atoms with Gasteiger partial charge in [-0.25, -0.2) is 0 Å². The summed E-state index contributed by atoms with van der Waals surface area (Å²) >= 11 is 12.1. The summed E-state index contributed by atoms with van der Waals surface area (Å²) in [5, 5.41) is 1.46. The molecule has 0 amide bonds. The molecule has 0 radical (unpaired) electrons. The monoisotopic (exact) mass is 363 g/mol. The highest BCUT2D eigenvalue weighted by atomic mass is 35.5. The van der Waals surface area contributed by atoms with Gasteiger partial charge in [0, 0.05) is 21.3 Å². The number of aromatic nitrogens is 1. The van der Waals surface area contributed by atoms with E-state index in [0.29, 0.717) is 0 Å². The van der Waals surface area contributed by atoms with Crippen molar-refractivity contribution in [1.82, 2.24) is 4.98 Å². The smallest absolute Gasteiger partial charge is 0.0538 e. The third-order valence-corrected chi connectivity index (χ3v) is 4.69. The zero-order chi connectivity index (χ0) is 17.2. The van der Waals surface area contributed by atoms with Gasteiger partial charge in [0.25, 0.3) is 0 Å². The van der Waals surface area contributed by atoms with Crippen molar-refractivity contribution in [3.63, 3.8) is 0 Å². The van der Waals surface area contributed by atoms with Crippen LogP contribution in [0.1, 0.15) is 0 Å². The first-order chi connectivity index (χ1) is 12.2. The number of H-pyrrole nitrogens is 1. The molecule has 3 heteroatoms.